The van der Waals surface area contributed by atoms with Crippen LogP contribution in [0.3, 0.4) is 0 Å². The number of nitrogens with one attached hydrogen (secondary N) is 1. The van der Waals surface area contributed by atoms with Crippen LogP contribution in [0.5, 0.6) is 5.75 Å². The number of sulfone groups is 1. The van der Waals surface area contributed by atoms with Crippen molar-refractivity contribution in [1.82, 2.24) is 9.78 Å². The Bertz CT molecular complexity index is 986. The maximum absolute atomic E-state index is 12.8. The van der Waals surface area contributed by atoms with Gasteiger partial charge in [-0.05, 0) is 44.5 Å². The van der Waals surface area contributed by atoms with Gasteiger partial charge in [-0.15, -0.1) is 0 Å². The number of hydrogen-bond acceptors (Lipinski definition) is 5. The van der Waals surface area contributed by atoms with Crippen LogP contribution in [0.2, 0.25) is 0 Å². The molecule has 0 saturated carbocycles. The third-order valence-electron chi connectivity index (χ3n) is 4.79. The Labute approximate surface area is 172 Å². The number of ether oxygens (including phenoxy) is 1. The highest BCUT2D eigenvalue weighted by atomic mass is 32.2. The lowest BCUT2D eigenvalue weighted by atomic mass is 9.92. The topological polar surface area (TPSA) is 90.3 Å². The van der Waals surface area contributed by atoms with Gasteiger partial charge in [-0.3, -0.25) is 4.79 Å². The highest BCUT2D eigenvalue weighted by Gasteiger charge is 2.33. The van der Waals surface area contributed by atoms with E-state index in [1.807, 2.05) is 40.7 Å². The monoisotopic (exact) mass is 419 g/mol. The highest BCUT2D eigenvalue weighted by Crippen LogP contribution is 2.31. The van der Waals surface area contributed by atoms with Gasteiger partial charge in [0.05, 0.1) is 29.3 Å². The molecule has 1 N–H and O–H groups in total. The molecule has 1 aromatic heterocycles. The SMILES string of the molecule is CC(C)Oc1ccc(C(=O)Nc2cc(C(C)(C)C)nn2[C@@H]2CCS(=O)(=O)C2)cc1. The van der Waals surface area contributed by atoms with Crippen molar-refractivity contribution >= 4 is 21.6 Å². The van der Waals surface area contributed by atoms with Gasteiger partial charge in [-0.1, -0.05) is 20.8 Å². The van der Waals surface area contributed by atoms with Crippen LogP contribution in [0.4, 0.5) is 5.82 Å². The van der Waals surface area contributed by atoms with Crippen LogP contribution in [0.1, 0.15) is 63.1 Å². The first-order valence-corrected chi connectivity index (χ1v) is 11.7. The lowest BCUT2D eigenvalue weighted by molar-refractivity contribution is 0.102. The number of carbonyl (C=O) groups excluding carboxylic acids is 1. The second-order valence-corrected chi connectivity index (χ2v) is 11.0. The average molecular weight is 420 g/mol. The molecule has 7 nitrogen and oxygen atoms in total. The molecular weight excluding hydrogens is 390 g/mol. The van der Waals surface area contributed by atoms with Crippen LogP contribution in [-0.2, 0) is 15.3 Å². The van der Waals surface area contributed by atoms with Crippen molar-refractivity contribution in [3.05, 3.63) is 41.6 Å². The van der Waals surface area contributed by atoms with E-state index in [0.717, 1.165) is 5.69 Å². The summed E-state index contributed by atoms with van der Waals surface area (Å²) in [5, 5.41) is 7.55. The molecule has 1 aliphatic rings. The van der Waals surface area contributed by atoms with Gasteiger partial charge < -0.3 is 10.1 Å². The van der Waals surface area contributed by atoms with E-state index in [1.54, 1.807) is 28.9 Å². The van der Waals surface area contributed by atoms with Gasteiger partial charge in [0.2, 0.25) is 0 Å². The predicted molar refractivity (Wildman–Crippen MR) is 113 cm³/mol. The molecule has 1 fully saturated rings. The molecule has 29 heavy (non-hydrogen) atoms. The molecule has 2 aromatic rings. The zero-order valence-electron chi connectivity index (χ0n) is 17.6. The number of benzene rings is 1. The largest absolute Gasteiger partial charge is 0.491 e. The summed E-state index contributed by atoms with van der Waals surface area (Å²) in [5.74, 6) is 1.14. The molecule has 8 heteroatoms. The van der Waals surface area contributed by atoms with Gasteiger partial charge in [0.25, 0.3) is 5.91 Å². The third-order valence-corrected chi connectivity index (χ3v) is 6.54. The number of amides is 1. The molecule has 0 aliphatic carbocycles. The summed E-state index contributed by atoms with van der Waals surface area (Å²) in [6.45, 7) is 9.98. The van der Waals surface area contributed by atoms with Gasteiger partial charge in [-0.2, -0.15) is 5.10 Å². The fourth-order valence-corrected chi connectivity index (χ4v) is 4.94. The summed E-state index contributed by atoms with van der Waals surface area (Å²) < 4.78 is 31.2. The predicted octanol–water partition coefficient (Wildman–Crippen LogP) is 3.58. The summed E-state index contributed by atoms with van der Waals surface area (Å²) in [6.07, 6.45) is 0.556. The van der Waals surface area contributed by atoms with Crippen LogP contribution < -0.4 is 10.1 Å². The number of nitrogens with zero attached hydrogens (tertiary/aromatic N) is 2. The average Bonchev–Trinajstić information content (AvgIpc) is 3.17. The van der Waals surface area contributed by atoms with Crippen LogP contribution >= 0.6 is 0 Å². The maximum atomic E-state index is 12.8. The van der Waals surface area contributed by atoms with Crippen molar-refractivity contribution in [2.45, 2.75) is 58.6 Å². The molecule has 1 amide bonds. The zero-order valence-corrected chi connectivity index (χ0v) is 18.4. The third kappa shape index (κ3) is 5.18. The van der Waals surface area contributed by atoms with Crippen molar-refractivity contribution in [2.24, 2.45) is 0 Å². The number of hydrogen-bond donors (Lipinski definition) is 1. The molecule has 1 atom stereocenters. The van der Waals surface area contributed by atoms with E-state index in [4.69, 9.17) is 4.74 Å². The van der Waals surface area contributed by atoms with Gasteiger partial charge in [-0.25, -0.2) is 13.1 Å². The van der Waals surface area contributed by atoms with Gasteiger partial charge in [0.15, 0.2) is 9.84 Å². The lowest BCUT2D eigenvalue weighted by Gasteiger charge is -2.15. The number of carbonyl (C=O) groups is 1. The molecule has 0 radical (unpaired) electrons. The number of anilines is 1. The summed E-state index contributed by atoms with van der Waals surface area (Å²) in [7, 11) is -3.07. The Balaban J connectivity index is 1.85. The number of aromatic nitrogens is 2. The quantitative estimate of drug-likeness (QED) is 0.800. The van der Waals surface area contributed by atoms with Crippen LogP contribution in [0.15, 0.2) is 30.3 Å². The van der Waals surface area contributed by atoms with Crippen molar-refractivity contribution < 1.29 is 17.9 Å². The van der Waals surface area contributed by atoms with Crippen molar-refractivity contribution in [1.29, 1.82) is 0 Å². The van der Waals surface area contributed by atoms with E-state index >= 15 is 0 Å². The fourth-order valence-electron chi connectivity index (χ4n) is 3.25. The molecule has 1 saturated heterocycles. The van der Waals surface area contributed by atoms with E-state index in [2.05, 4.69) is 10.4 Å². The summed E-state index contributed by atoms with van der Waals surface area (Å²) >= 11 is 0. The number of rotatable bonds is 5. The minimum Gasteiger partial charge on any atom is -0.491 e. The highest BCUT2D eigenvalue weighted by molar-refractivity contribution is 7.91. The van der Waals surface area contributed by atoms with E-state index < -0.39 is 9.84 Å². The first kappa shape index (κ1) is 21.4. The lowest BCUT2D eigenvalue weighted by Crippen LogP contribution is -2.20. The normalized spacial score (nSPS) is 18.8. The Morgan fingerprint density at radius 2 is 1.90 bits per heavy atom. The van der Waals surface area contributed by atoms with E-state index in [0.29, 0.717) is 23.6 Å². The smallest absolute Gasteiger partial charge is 0.256 e. The van der Waals surface area contributed by atoms with Gasteiger partial charge in [0.1, 0.15) is 11.6 Å². The molecule has 2 heterocycles. The minimum absolute atomic E-state index is 0.0440. The molecule has 158 valence electrons. The van der Waals surface area contributed by atoms with E-state index in [9.17, 15) is 13.2 Å². The Hall–Kier alpha value is -2.35. The molecule has 3 rings (SSSR count). The molecule has 0 unspecified atom stereocenters. The first-order valence-electron chi connectivity index (χ1n) is 9.83. The summed E-state index contributed by atoms with van der Waals surface area (Å²) in [4.78, 5) is 12.8. The molecule has 1 aromatic carbocycles. The van der Waals surface area contributed by atoms with Crippen LogP contribution in [0, 0.1) is 0 Å². The second kappa shape index (κ2) is 7.82. The molecular formula is C21H29N3O4S. The summed E-state index contributed by atoms with van der Waals surface area (Å²) in [6, 6.07) is 8.50. The van der Waals surface area contributed by atoms with Crippen molar-refractivity contribution in [3.8, 4) is 5.75 Å². The molecule has 0 spiro atoms. The summed E-state index contributed by atoms with van der Waals surface area (Å²) in [5.41, 5.74) is 1.07. The van der Waals surface area contributed by atoms with Gasteiger partial charge in [0, 0.05) is 17.0 Å². The van der Waals surface area contributed by atoms with E-state index in [1.165, 1.54) is 0 Å². The maximum Gasteiger partial charge on any atom is 0.256 e. The van der Waals surface area contributed by atoms with Gasteiger partial charge >= 0.3 is 0 Å². The van der Waals surface area contributed by atoms with Crippen molar-refractivity contribution in [2.75, 3.05) is 16.8 Å². The first-order chi connectivity index (χ1) is 13.4. The van der Waals surface area contributed by atoms with Crippen LogP contribution in [-0.4, -0.2) is 41.7 Å². The molecule has 0 bridgehead atoms. The molecule has 1 aliphatic heterocycles. The zero-order chi connectivity index (χ0) is 21.4. The minimum atomic E-state index is -3.07. The standard InChI is InChI=1S/C21H29N3O4S/c1-14(2)28-17-8-6-15(7-9-17)20(25)22-19-12-18(21(3,4)5)23-24(19)16-10-11-29(26,27)13-16/h6-9,12,14,16H,10-11,13H2,1-5H3,(H,22,25)/t16-/m1/s1. The van der Waals surface area contributed by atoms with E-state index in [-0.39, 0.29) is 35.0 Å². The van der Waals surface area contributed by atoms with Crippen LogP contribution in [0.25, 0.3) is 0 Å². The Morgan fingerprint density at radius 1 is 1.24 bits per heavy atom. The second-order valence-electron chi connectivity index (χ2n) is 8.81. The fraction of sp³-hybridized carbons (Fsp3) is 0.524. The Kier molecular flexibility index (Phi) is 5.76. The Morgan fingerprint density at radius 3 is 2.41 bits per heavy atom. The van der Waals surface area contributed by atoms with Crippen molar-refractivity contribution in [3.63, 3.8) is 0 Å².